The maximum atomic E-state index is 12.3. The number of hydrogen-bond acceptors (Lipinski definition) is 6. The highest BCUT2D eigenvalue weighted by molar-refractivity contribution is 6.07. The van der Waals surface area contributed by atoms with E-state index in [9.17, 15) is 14.9 Å². The Labute approximate surface area is 161 Å². The fourth-order valence-corrected chi connectivity index (χ4v) is 2.70. The molecule has 0 saturated heterocycles. The fourth-order valence-electron chi connectivity index (χ4n) is 2.70. The minimum atomic E-state index is -0.500. The van der Waals surface area contributed by atoms with Crippen LogP contribution in [-0.4, -0.2) is 20.5 Å². The monoisotopic (exact) mass is 381 g/mol. The Kier molecular flexibility index (Phi) is 5.69. The van der Waals surface area contributed by atoms with Gasteiger partial charge in [-0.2, -0.15) is 5.10 Å². The van der Waals surface area contributed by atoms with Gasteiger partial charge in [-0.05, 0) is 44.2 Å². The molecule has 0 aliphatic heterocycles. The lowest BCUT2D eigenvalue weighted by molar-refractivity contribution is -0.386. The Hall–Kier alpha value is -3.68. The van der Waals surface area contributed by atoms with Crippen LogP contribution in [-0.2, 0) is 13.2 Å². The molecule has 0 radical (unpaired) electrons. The first-order chi connectivity index (χ1) is 13.5. The van der Waals surface area contributed by atoms with Crippen molar-refractivity contribution < 1.29 is 18.9 Å². The maximum absolute atomic E-state index is 12.3. The minimum Gasteiger partial charge on any atom is -0.479 e. The average Bonchev–Trinajstić information content (AvgIpc) is 3.30. The van der Waals surface area contributed by atoms with Crippen LogP contribution in [0, 0.1) is 17.0 Å². The Bertz CT molecular complexity index is 1030. The van der Waals surface area contributed by atoms with Crippen molar-refractivity contribution in [1.29, 1.82) is 0 Å². The molecule has 0 bridgehead atoms. The SMILES string of the molecule is CCn1ncc(C(=O)/C=C/c2ccc(COc3ccccc3[N+](=O)[O-])o2)c1C. The third-order valence-electron chi connectivity index (χ3n) is 4.18. The highest BCUT2D eigenvalue weighted by Gasteiger charge is 2.14. The van der Waals surface area contributed by atoms with E-state index in [0.29, 0.717) is 23.6 Å². The van der Waals surface area contributed by atoms with Gasteiger partial charge in [-0.1, -0.05) is 12.1 Å². The molecule has 2 aromatic heterocycles. The number of aryl methyl sites for hydroxylation is 1. The summed E-state index contributed by atoms with van der Waals surface area (Å²) in [6, 6.07) is 9.53. The maximum Gasteiger partial charge on any atom is 0.310 e. The van der Waals surface area contributed by atoms with E-state index in [2.05, 4.69) is 5.10 Å². The number of rotatable bonds is 8. The minimum absolute atomic E-state index is 0.0367. The number of carbonyl (C=O) groups excluding carboxylic acids is 1. The summed E-state index contributed by atoms with van der Waals surface area (Å²) in [7, 11) is 0. The number of aromatic nitrogens is 2. The first kappa shape index (κ1) is 19.1. The Morgan fingerprint density at radius 2 is 2.11 bits per heavy atom. The lowest BCUT2D eigenvalue weighted by Gasteiger charge is -2.04. The largest absolute Gasteiger partial charge is 0.479 e. The van der Waals surface area contributed by atoms with E-state index < -0.39 is 4.92 Å². The second-order valence-electron chi connectivity index (χ2n) is 5.97. The van der Waals surface area contributed by atoms with Crippen LogP contribution in [0.4, 0.5) is 5.69 Å². The van der Waals surface area contributed by atoms with Crippen molar-refractivity contribution in [1.82, 2.24) is 9.78 Å². The molecule has 0 aliphatic carbocycles. The number of nitrogens with zero attached hydrogens (tertiary/aromatic N) is 3. The third-order valence-corrected chi connectivity index (χ3v) is 4.18. The van der Waals surface area contributed by atoms with Gasteiger partial charge in [-0.15, -0.1) is 0 Å². The van der Waals surface area contributed by atoms with E-state index >= 15 is 0 Å². The summed E-state index contributed by atoms with van der Waals surface area (Å²) in [6.45, 7) is 4.54. The number of ketones is 1. The fraction of sp³-hybridized carbons (Fsp3) is 0.200. The molecule has 8 heteroatoms. The number of carbonyl (C=O) groups is 1. The molecule has 0 amide bonds. The lowest BCUT2D eigenvalue weighted by Crippen LogP contribution is -2.01. The zero-order chi connectivity index (χ0) is 20.1. The van der Waals surface area contributed by atoms with Crippen molar-refractivity contribution in [2.75, 3.05) is 0 Å². The van der Waals surface area contributed by atoms with Crippen molar-refractivity contribution in [3.8, 4) is 5.75 Å². The number of hydrogen-bond donors (Lipinski definition) is 0. The number of benzene rings is 1. The number of nitro benzene ring substituents is 1. The van der Waals surface area contributed by atoms with E-state index in [1.165, 1.54) is 18.2 Å². The highest BCUT2D eigenvalue weighted by Crippen LogP contribution is 2.27. The summed E-state index contributed by atoms with van der Waals surface area (Å²) in [6.07, 6.45) is 4.55. The van der Waals surface area contributed by atoms with Gasteiger partial charge < -0.3 is 9.15 Å². The van der Waals surface area contributed by atoms with Gasteiger partial charge in [0.05, 0.1) is 16.7 Å². The average molecular weight is 381 g/mol. The van der Waals surface area contributed by atoms with Crippen LogP contribution < -0.4 is 4.74 Å². The normalized spacial score (nSPS) is 11.1. The summed E-state index contributed by atoms with van der Waals surface area (Å²) in [5, 5.41) is 15.2. The molecule has 0 spiro atoms. The Morgan fingerprint density at radius 1 is 1.32 bits per heavy atom. The molecule has 2 heterocycles. The van der Waals surface area contributed by atoms with Crippen LogP contribution in [0.3, 0.4) is 0 Å². The predicted molar refractivity (Wildman–Crippen MR) is 102 cm³/mol. The van der Waals surface area contributed by atoms with Crippen LogP contribution in [0.25, 0.3) is 6.08 Å². The lowest BCUT2D eigenvalue weighted by atomic mass is 10.1. The van der Waals surface area contributed by atoms with E-state index in [1.807, 2.05) is 13.8 Å². The molecule has 8 nitrogen and oxygen atoms in total. The molecule has 0 saturated carbocycles. The van der Waals surface area contributed by atoms with Gasteiger partial charge >= 0.3 is 5.69 Å². The molecule has 0 N–H and O–H groups in total. The van der Waals surface area contributed by atoms with E-state index in [1.54, 1.807) is 41.2 Å². The van der Waals surface area contributed by atoms with Crippen molar-refractivity contribution in [3.63, 3.8) is 0 Å². The molecule has 0 atom stereocenters. The molecule has 144 valence electrons. The van der Waals surface area contributed by atoms with Crippen LogP contribution in [0.1, 0.15) is 34.5 Å². The zero-order valence-electron chi connectivity index (χ0n) is 15.5. The number of para-hydroxylation sites is 2. The molecule has 1 aromatic carbocycles. The van der Waals surface area contributed by atoms with Gasteiger partial charge in [0.2, 0.25) is 0 Å². The second-order valence-corrected chi connectivity index (χ2v) is 5.97. The van der Waals surface area contributed by atoms with E-state index in [0.717, 1.165) is 5.69 Å². The number of allylic oxidation sites excluding steroid dienone is 1. The summed E-state index contributed by atoms with van der Waals surface area (Å²) in [5.41, 5.74) is 1.25. The molecule has 0 unspecified atom stereocenters. The van der Waals surface area contributed by atoms with Crippen molar-refractivity contribution in [2.24, 2.45) is 0 Å². The molecule has 3 rings (SSSR count). The standard InChI is InChI=1S/C20H19N3O5/c1-3-22-14(2)17(12-21-22)19(24)11-10-15-8-9-16(28-15)13-27-20-7-5-4-6-18(20)23(25)26/h4-12H,3,13H2,1-2H3/b11-10+. The molecule has 0 aliphatic rings. The third kappa shape index (κ3) is 4.17. The first-order valence-corrected chi connectivity index (χ1v) is 8.69. The van der Waals surface area contributed by atoms with Gasteiger partial charge in [0, 0.05) is 18.3 Å². The van der Waals surface area contributed by atoms with Crippen LogP contribution in [0.2, 0.25) is 0 Å². The van der Waals surface area contributed by atoms with Crippen molar-refractivity contribution in [3.05, 3.63) is 81.6 Å². The van der Waals surface area contributed by atoms with Gasteiger partial charge in [-0.3, -0.25) is 19.6 Å². The van der Waals surface area contributed by atoms with Gasteiger partial charge in [0.15, 0.2) is 11.5 Å². The Balaban J connectivity index is 1.64. The van der Waals surface area contributed by atoms with Crippen LogP contribution in [0.15, 0.2) is 53.1 Å². The summed E-state index contributed by atoms with van der Waals surface area (Å²) in [4.78, 5) is 22.8. The van der Waals surface area contributed by atoms with Crippen molar-refractivity contribution >= 4 is 17.5 Å². The molecular formula is C20H19N3O5. The quantitative estimate of drug-likeness (QED) is 0.251. The smallest absolute Gasteiger partial charge is 0.310 e. The summed E-state index contributed by atoms with van der Waals surface area (Å²) in [5.74, 6) is 0.973. The highest BCUT2D eigenvalue weighted by atomic mass is 16.6. The van der Waals surface area contributed by atoms with Gasteiger partial charge in [-0.25, -0.2) is 0 Å². The van der Waals surface area contributed by atoms with Gasteiger partial charge in [0.1, 0.15) is 18.1 Å². The van der Waals surface area contributed by atoms with E-state index in [-0.39, 0.29) is 23.8 Å². The summed E-state index contributed by atoms with van der Waals surface area (Å²) >= 11 is 0. The predicted octanol–water partition coefficient (Wildman–Crippen LogP) is 4.19. The van der Waals surface area contributed by atoms with E-state index in [4.69, 9.17) is 9.15 Å². The van der Waals surface area contributed by atoms with Crippen LogP contribution >= 0.6 is 0 Å². The molecule has 28 heavy (non-hydrogen) atoms. The zero-order valence-corrected chi connectivity index (χ0v) is 15.5. The first-order valence-electron chi connectivity index (χ1n) is 8.69. The Morgan fingerprint density at radius 3 is 2.82 bits per heavy atom. The summed E-state index contributed by atoms with van der Waals surface area (Å²) < 4.78 is 12.8. The van der Waals surface area contributed by atoms with Crippen molar-refractivity contribution in [2.45, 2.75) is 27.0 Å². The van der Waals surface area contributed by atoms with Gasteiger partial charge in [0.25, 0.3) is 0 Å². The molecule has 0 fully saturated rings. The number of ether oxygens (including phenoxy) is 1. The van der Waals surface area contributed by atoms with Crippen LogP contribution in [0.5, 0.6) is 5.75 Å². The number of nitro groups is 1. The number of furan rings is 1. The molecule has 3 aromatic rings. The topological polar surface area (TPSA) is 100 Å². The second kappa shape index (κ2) is 8.34. The molecular weight excluding hydrogens is 362 g/mol.